The van der Waals surface area contributed by atoms with E-state index in [1.54, 1.807) is 36.6 Å². The van der Waals surface area contributed by atoms with Crippen molar-refractivity contribution in [2.75, 3.05) is 13.1 Å². The van der Waals surface area contributed by atoms with Crippen molar-refractivity contribution in [2.24, 2.45) is 0 Å². The number of aromatic amines is 1. The Kier molecular flexibility index (Phi) is 6.24. The third kappa shape index (κ3) is 4.72. The fourth-order valence-electron chi connectivity index (χ4n) is 3.79. The molecule has 2 aromatic heterocycles. The molecule has 31 heavy (non-hydrogen) atoms. The van der Waals surface area contributed by atoms with Gasteiger partial charge in [-0.1, -0.05) is 19.1 Å². The van der Waals surface area contributed by atoms with Gasteiger partial charge in [0.15, 0.2) is 0 Å². The molecule has 1 aliphatic heterocycles. The van der Waals surface area contributed by atoms with Crippen LogP contribution < -0.4 is 5.32 Å². The summed E-state index contributed by atoms with van der Waals surface area (Å²) in [5, 5.41) is 9.84. The van der Waals surface area contributed by atoms with Crippen LogP contribution in [0.5, 0.6) is 0 Å². The number of amides is 1. The Hall–Kier alpha value is -2.91. The quantitative estimate of drug-likeness (QED) is 0.585. The number of carbonyl (C=O) groups excluding carboxylic acids is 1. The number of benzene rings is 1. The minimum Gasteiger partial charge on any atom is -0.467 e. The summed E-state index contributed by atoms with van der Waals surface area (Å²) < 4.78 is 32.6. The summed E-state index contributed by atoms with van der Waals surface area (Å²) in [7, 11) is -3.50. The number of sulfonamides is 1. The van der Waals surface area contributed by atoms with Gasteiger partial charge in [0.1, 0.15) is 11.5 Å². The predicted octanol–water partition coefficient (Wildman–Crippen LogP) is 3.06. The average Bonchev–Trinajstić information content (AvgIpc) is 3.50. The van der Waals surface area contributed by atoms with Crippen LogP contribution in [0.1, 0.15) is 53.2 Å². The molecule has 3 aromatic rings. The van der Waals surface area contributed by atoms with Gasteiger partial charge in [0.2, 0.25) is 10.0 Å². The first-order valence-electron chi connectivity index (χ1n) is 10.4. The van der Waals surface area contributed by atoms with E-state index >= 15 is 0 Å². The van der Waals surface area contributed by atoms with Gasteiger partial charge in [-0.05, 0) is 55.2 Å². The van der Waals surface area contributed by atoms with Crippen LogP contribution in [-0.4, -0.2) is 41.9 Å². The first-order valence-corrected chi connectivity index (χ1v) is 11.9. The van der Waals surface area contributed by atoms with E-state index in [1.807, 2.05) is 19.1 Å². The number of aryl methyl sites for hydroxylation is 1. The lowest BCUT2D eigenvalue weighted by atomic mass is 9.94. The molecule has 1 aromatic carbocycles. The molecule has 1 saturated heterocycles. The summed E-state index contributed by atoms with van der Waals surface area (Å²) in [6.45, 7) is 3.20. The van der Waals surface area contributed by atoms with E-state index in [4.69, 9.17) is 4.42 Å². The number of H-pyrrole nitrogens is 1. The monoisotopic (exact) mass is 442 g/mol. The lowest BCUT2D eigenvalue weighted by Gasteiger charge is -2.30. The second kappa shape index (κ2) is 9.07. The van der Waals surface area contributed by atoms with Gasteiger partial charge in [0.05, 0.1) is 17.7 Å². The van der Waals surface area contributed by atoms with Crippen LogP contribution >= 0.6 is 0 Å². The Balaban J connectivity index is 1.34. The van der Waals surface area contributed by atoms with Gasteiger partial charge in [-0.3, -0.25) is 9.89 Å². The molecule has 1 fully saturated rings. The number of hydrogen-bond acceptors (Lipinski definition) is 5. The van der Waals surface area contributed by atoms with E-state index in [0.29, 0.717) is 48.8 Å². The number of carbonyl (C=O) groups is 1. The van der Waals surface area contributed by atoms with E-state index < -0.39 is 10.0 Å². The molecule has 0 radical (unpaired) electrons. The zero-order valence-electron chi connectivity index (χ0n) is 17.4. The Morgan fingerprint density at radius 3 is 2.61 bits per heavy atom. The molecular weight excluding hydrogens is 416 g/mol. The summed E-state index contributed by atoms with van der Waals surface area (Å²) in [5.74, 6) is 0.518. The maximum absolute atomic E-state index is 12.9. The van der Waals surface area contributed by atoms with E-state index in [0.717, 1.165) is 17.7 Å². The summed E-state index contributed by atoms with van der Waals surface area (Å²) in [6.07, 6.45) is 3.77. The third-order valence-electron chi connectivity index (χ3n) is 5.70. The number of furan rings is 1. The zero-order valence-corrected chi connectivity index (χ0v) is 18.2. The van der Waals surface area contributed by atoms with Crippen molar-refractivity contribution >= 4 is 15.9 Å². The molecule has 3 heterocycles. The predicted molar refractivity (Wildman–Crippen MR) is 115 cm³/mol. The molecule has 2 N–H and O–H groups in total. The molecule has 0 saturated carbocycles. The molecule has 0 aliphatic carbocycles. The molecule has 0 spiro atoms. The highest BCUT2D eigenvalue weighted by Gasteiger charge is 2.30. The smallest absolute Gasteiger partial charge is 0.272 e. The second-order valence-electron chi connectivity index (χ2n) is 7.65. The topological polar surface area (TPSA) is 108 Å². The van der Waals surface area contributed by atoms with Gasteiger partial charge < -0.3 is 9.73 Å². The molecule has 0 atom stereocenters. The average molecular weight is 443 g/mol. The normalized spacial score (nSPS) is 15.8. The first-order chi connectivity index (χ1) is 15.0. The van der Waals surface area contributed by atoms with Crippen LogP contribution in [0.3, 0.4) is 0 Å². The van der Waals surface area contributed by atoms with Crippen molar-refractivity contribution in [3.8, 4) is 0 Å². The molecule has 9 heteroatoms. The van der Waals surface area contributed by atoms with Gasteiger partial charge in [0, 0.05) is 24.7 Å². The van der Waals surface area contributed by atoms with Crippen molar-refractivity contribution in [1.29, 1.82) is 0 Å². The Morgan fingerprint density at radius 2 is 1.97 bits per heavy atom. The van der Waals surface area contributed by atoms with Crippen LogP contribution in [-0.2, 0) is 23.0 Å². The van der Waals surface area contributed by atoms with Gasteiger partial charge in [0.25, 0.3) is 5.91 Å². The lowest BCUT2D eigenvalue weighted by molar-refractivity contribution is 0.0943. The third-order valence-corrected chi connectivity index (χ3v) is 7.61. The minimum atomic E-state index is -3.50. The summed E-state index contributed by atoms with van der Waals surface area (Å²) in [6, 6.07) is 12.4. The number of nitrogens with zero attached hydrogens (tertiary/aromatic N) is 2. The molecule has 1 aliphatic rings. The first kappa shape index (κ1) is 21.3. The number of hydrogen-bond donors (Lipinski definition) is 2. The molecule has 0 bridgehead atoms. The molecule has 4 rings (SSSR count). The van der Waals surface area contributed by atoms with Crippen LogP contribution in [0.15, 0.2) is 58.0 Å². The molecule has 164 valence electrons. The highest BCUT2D eigenvalue weighted by Crippen LogP contribution is 2.30. The van der Waals surface area contributed by atoms with Crippen LogP contribution in [0.25, 0.3) is 0 Å². The van der Waals surface area contributed by atoms with Gasteiger partial charge in [-0.25, -0.2) is 8.42 Å². The van der Waals surface area contributed by atoms with E-state index in [9.17, 15) is 13.2 Å². The van der Waals surface area contributed by atoms with Crippen molar-refractivity contribution in [3.63, 3.8) is 0 Å². The Bertz CT molecular complexity index is 1110. The molecule has 8 nitrogen and oxygen atoms in total. The minimum absolute atomic E-state index is 0.132. The summed E-state index contributed by atoms with van der Waals surface area (Å²) in [5.41, 5.74) is 2.28. The number of piperidine rings is 1. The Morgan fingerprint density at radius 1 is 1.23 bits per heavy atom. The van der Waals surface area contributed by atoms with E-state index in [-0.39, 0.29) is 11.8 Å². The summed E-state index contributed by atoms with van der Waals surface area (Å²) >= 11 is 0. The second-order valence-corrected chi connectivity index (χ2v) is 9.58. The molecular formula is C22H26N4O4S. The zero-order chi connectivity index (χ0) is 21.8. The number of aromatic nitrogens is 2. The highest BCUT2D eigenvalue weighted by molar-refractivity contribution is 7.89. The van der Waals surface area contributed by atoms with Crippen molar-refractivity contribution in [3.05, 3.63) is 71.4 Å². The standard InChI is InChI=1S/C22H26N4O4S/c1-2-16-5-7-19(8-6-16)31(28,29)26-11-9-17(10-12-26)20-14-21(25-24-20)22(27)23-15-18-4-3-13-30-18/h3-8,13-14,17H,2,9-12,15H2,1H3,(H,23,27)(H,24,25). The number of rotatable bonds is 7. The number of nitrogens with one attached hydrogen (secondary N) is 2. The van der Waals surface area contributed by atoms with Gasteiger partial charge >= 0.3 is 0 Å². The van der Waals surface area contributed by atoms with Gasteiger partial charge in [-0.2, -0.15) is 9.40 Å². The molecule has 1 amide bonds. The highest BCUT2D eigenvalue weighted by atomic mass is 32.2. The van der Waals surface area contributed by atoms with Crippen molar-refractivity contribution < 1.29 is 17.6 Å². The van der Waals surface area contributed by atoms with Crippen LogP contribution in [0.4, 0.5) is 0 Å². The Labute approximate surface area is 181 Å². The maximum Gasteiger partial charge on any atom is 0.272 e. The van der Waals surface area contributed by atoms with E-state index in [1.165, 1.54) is 4.31 Å². The van der Waals surface area contributed by atoms with Crippen LogP contribution in [0, 0.1) is 0 Å². The maximum atomic E-state index is 12.9. The van der Waals surface area contributed by atoms with Crippen molar-refractivity contribution in [2.45, 2.75) is 43.5 Å². The fraction of sp³-hybridized carbons (Fsp3) is 0.364. The van der Waals surface area contributed by atoms with Crippen molar-refractivity contribution in [1.82, 2.24) is 19.8 Å². The largest absolute Gasteiger partial charge is 0.467 e. The van der Waals surface area contributed by atoms with Gasteiger partial charge in [-0.15, -0.1) is 0 Å². The fourth-order valence-corrected chi connectivity index (χ4v) is 5.26. The SMILES string of the molecule is CCc1ccc(S(=O)(=O)N2CCC(c3cc(C(=O)NCc4ccco4)n[nH]3)CC2)cc1. The lowest BCUT2D eigenvalue weighted by Crippen LogP contribution is -2.37. The van der Waals surface area contributed by atoms with E-state index in [2.05, 4.69) is 15.5 Å². The summed E-state index contributed by atoms with van der Waals surface area (Å²) in [4.78, 5) is 12.6. The van der Waals surface area contributed by atoms with Crippen LogP contribution in [0.2, 0.25) is 0 Å². The molecule has 0 unspecified atom stereocenters.